The fraction of sp³-hybridized carbons (Fsp3) is 0.462. The highest BCUT2D eigenvalue weighted by atomic mass is 35.5. The highest BCUT2D eigenvalue weighted by molar-refractivity contribution is 6.35. The quantitative estimate of drug-likeness (QED) is 0.888. The normalized spacial score (nSPS) is 11.4. The van der Waals surface area contributed by atoms with E-state index in [0.717, 1.165) is 12.0 Å². The van der Waals surface area contributed by atoms with E-state index >= 15 is 0 Å². The molecule has 0 unspecified atom stereocenters. The van der Waals surface area contributed by atoms with Crippen molar-refractivity contribution in [3.05, 3.63) is 33.8 Å². The number of halogens is 2. The second kappa shape index (κ2) is 5.74. The summed E-state index contributed by atoms with van der Waals surface area (Å²) in [6.45, 7) is 6.03. The fourth-order valence-corrected chi connectivity index (χ4v) is 1.82. The lowest BCUT2D eigenvalue weighted by atomic mass is 10.0. The smallest absolute Gasteiger partial charge is 0.224 e. The summed E-state index contributed by atoms with van der Waals surface area (Å²) in [5, 5.41) is 4.07. The number of amides is 1. The Kier molecular flexibility index (Phi) is 4.84. The van der Waals surface area contributed by atoms with Crippen molar-refractivity contribution in [3.63, 3.8) is 0 Å². The van der Waals surface area contributed by atoms with Crippen LogP contribution in [-0.2, 0) is 11.2 Å². The van der Waals surface area contributed by atoms with Gasteiger partial charge in [-0.15, -0.1) is 0 Å². The van der Waals surface area contributed by atoms with Gasteiger partial charge >= 0.3 is 0 Å². The number of carbonyl (C=O) groups excluding carboxylic acids is 1. The van der Waals surface area contributed by atoms with Crippen molar-refractivity contribution in [2.24, 2.45) is 0 Å². The maximum atomic E-state index is 11.8. The molecule has 0 saturated carbocycles. The average molecular weight is 274 g/mol. The molecule has 0 bridgehead atoms. The molecule has 1 aromatic rings. The number of nitrogens with one attached hydrogen (secondary N) is 1. The monoisotopic (exact) mass is 273 g/mol. The van der Waals surface area contributed by atoms with E-state index in [1.807, 2.05) is 20.8 Å². The molecule has 0 aromatic heterocycles. The number of hydrogen-bond donors (Lipinski definition) is 1. The highest BCUT2D eigenvalue weighted by Crippen LogP contribution is 2.21. The lowest BCUT2D eigenvalue weighted by Gasteiger charge is -2.24. The van der Waals surface area contributed by atoms with Crippen LogP contribution in [0.25, 0.3) is 0 Å². The van der Waals surface area contributed by atoms with Gasteiger partial charge in [0.1, 0.15) is 0 Å². The summed E-state index contributed by atoms with van der Waals surface area (Å²) in [5.74, 6) is -0.0268. The highest BCUT2D eigenvalue weighted by Gasteiger charge is 2.18. The average Bonchev–Trinajstić information content (AvgIpc) is 2.21. The van der Waals surface area contributed by atoms with Crippen molar-refractivity contribution < 1.29 is 4.79 Å². The number of benzene rings is 1. The molecule has 0 atom stereocenters. The lowest BCUT2D eigenvalue weighted by molar-refractivity contribution is -0.122. The molecule has 0 fully saturated rings. The summed E-state index contributed by atoms with van der Waals surface area (Å²) >= 11 is 11.8. The van der Waals surface area contributed by atoms with E-state index < -0.39 is 0 Å². The molecular weight excluding hydrogens is 257 g/mol. The molecule has 1 amide bonds. The molecule has 1 N–H and O–H groups in total. The Morgan fingerprint density at radius 3 is 2.53 bits per heavy atom. The van der Waals surface area contributed by atoms with Gasteiger partial charge in [0, 0.05) is 15.6 Å². The van der Waals surface area contributed by atoms with Crippen LogP contribution < -0.4 is 5.32 Å². The van der Waals surface area contributed by atoms with Gasteiger partial charge in [0.15, 0.2) is 0 Å². The molecule has 0 aliphatic rings. The molecule has 0 aliphatic heterocycles. The molecule has 17 heavy (non-hydrogen) atoms. The summed E-state index contributed by atoms with van der Waals surface area (Å²) in [6.07, 6.45) is 1.16. The number of carbonyl (C=O) groups is 1. The van der Waals surface area contributed by atoms with E-state index in [9.17, 15) is 4.79 Å². The van der Waals surface area contributed by atoms with Crippen LogP contribution in [0.1, 0.15) is 32.8 Å². The number of hydrogen-bond acceptors (Lipinski definition) is 1. The van der Waals surface area contributed by atoms with E-state index in [1.54, 1.807) is 18.2 Å². The van der Waals surface area contributed by atoms with E-state index in [1.165, 1.54) is 0 Å². The molecule has 0 spiro atoms. The summed E-state index contributed by atoms with van der Waals surface area (Å²) in [7, 11) is 0. The van der Waals surface area contributed by atoms with Gasteiger partial charge in [-0.25, -0.2) is 0 Å². The first-order valence-corrected chi connectivity index (χ1v) is 6.34. The minimum atomic E-state index is -0.185. The zero-order valence-corrected chi connectivity index (χ0v) is 11.8. The first-order valence-electron chi connectivity index (χ1n) is 5.59. The van der Waals surface area contributed by atoms with Gasteiger partial charge in [0.25, 0.3) is 0 Å². The zero-order valence-electron chi connectivity index (χ0n) is 10.3. The van der Waals surface area contributed by atoms with Gasteiger partial charge in [0.2, 0.25) is 5.91 Å². The van der Waals surface area contributed by atoms with Crippen molar-refractivity contribution in [2.45, 2.75) is 39.2 Å². The Hall–Kier alpha value is -0.730. The van der Waals surface area contributed by atoms with E-state index in [0.29, 0.717) is 10.0 Å². The van der Waals surface area contributed by atoms with Crippen LogP contribution in [0.2, 0.25) is 10.0 Å². The topological polar surface area (TPSA) is 29.1 Å². The Morgan fingerprint density at radius 1 is 1.35 bits per heavy atom. The van der Waals surface area contributed by atoms with E-state index in [-0.39, 0.29) is 17.9 Å². The van der Waals surface area contributed by atoms with Gasteiger partial charge in [-0.1, -0.05) is 36.2 Å². The third kappa shape index (κ3) is 4.57. The third-order valence-corrected chi connectivity index (χ3v) is 3.31. The molecule has 0 aliphatic carbocycles. The lowest BCUT2D eigenvalue weighted by Crippen LogP contribution is -2.43. The summed E-state index contributed by atoms with van der Waals surface area (Å²) < 4.78 is 0. The Bertz CT molecular complexity index is 416. The Morgan fingerprint density at radius 2 is 2.00 bits per heavy atom. The summed E-state index contributed by atoms with van der Waals surface area (Å²) in [4.78, 5) is 11.8. The van der Waals surface area contributed by atoms with Gasteiger partial charge in [-0.2, -0.15) is 0 Å². The number of rotatable bonds is 4. The predicted molar refractivity (Wildman–Crippen MR) is 72.7 cm³/mol. The fourth-order valence-electron chi connectivity index (χ4n) is 1.35. The maximum Gasteiger partial charge on any atom is 0.224 e. The van der Waals surface area contributed by atoms with Crippen LogP contribution in [0.4, 0.5) is 0 Å². The predicted octanol–water partition coefficient (Wildman–Crippen LogP) is 3.84. The maximum absolute atomic E-state index is 11.8. The third-order valence-electron chi connectivity index (χ3n) is 2.73. The van der Waals surface area contributed by atoms with Crippen LogP contribution in [0.5, 0.6) is 0 Å². The van der Waals surface area contributed by atoms with Crippen molar-refractivity contribution >= 4 is 29.1 Å². The molecule has 94 valence electrons. The minimum absolute atomic E-state index is 0.0268. The first-order chi connectivity index (χ1) is 7.84. The van der Waals surface area contributed by atoms with Crippen molar-refractivity contribution in [3.8, 4) is 0 Å². The van der Waals surface area contributed by atoms with Gasteiger partial charge in [-0.3, -0.25) is 4.79 Å². The van der Waals surface area contributed by atoms with Gasteiger partial charge in [0.05, 0.1) is 6.42 Å². The van der Waals surface area contributed by atoms with E-state index in [4.69, 9.17) is 23.2 Å². The Labute approximate surface area is 112 Å². The zero-order chi connectivity index (χ0) is 13.1. The summed E-state index contributed by atoms with van der Waals surface area (Å²) in [6, 6.07) is 5.17. The largest absolute Gasteiger partial charge is 0.351 e. The molecular formula is C13H17Cl2NO. The molecule has 1 rings (SSSR count). The molecule has 0 saturated heterocycles. The van der Waals surface area contributed by atoms with Crippen molar-refractivity contribution in [1.82, 2.24) is 5.32 Å². The van der Waals surface area contributed by atoms with Gasteiger partial charge < -0.3 is 5.32 Å². The second-order valence-corrected chi connectivity index (χ2v) is 5.54. The first kappa shape index (κ1) is 14.3. The van der Waals surface area contributed by atoms with Crippen LogP contribution in [0.15, 0.2) is 18.2 Å². The molecule has 4 heteroatoms. The Balaban J connectivity index is 2.69. The standard InChI is InChI=1S/C13H17Cl2NO/c1-4-13(2,3)16-12(17)7-9-5-6-10(14)8-11(9)15/h5-6,8H,4,7H2,1-3H3,(H,16,17). The minimum Gasteiger partial charge on any atom is -0.351 e. The molecule has 0 radical (unpaired) electrons. The van der Waals surface area contributed by atoms with Crippen LogP contribution in [-0.4, -0.2) is 11.4 Å². The molecule has 2 nitrogen and oxygen atoms in total. The summed E-state index contributed by atoms with van der Waals surface area (Å²) in [5.41, 5.74) is 0.608. The van der Waals surface area contributed by atoms with Crippen LogP contribution in [0, 0.1) is 0 Å². The molecule has 0 heterocycles. The SMILES string of the molecule is CCC(C)(C)NC(=O)Cc1ccc(Cl)cc1Cl. The van der Waals surface area contributed by atoms with Gasteiger partial charge in [-0.05, 0) is 38.0 Å². The van der Waals surface area contributed by atoms with E-state index in [2.05, 4.69) is 5.32 Å². The molecule has 1 aromatic carbocycles. The van der Waals surface area contributed by atoms with Crippen molar-refractivity contribution in [1.29, 1.82) is 0 Å². The van der Waals surface area contributed by atoms with Crippen LogP contribution >= 0.6 is 23.2 Å². The van der Waals surface area contributed by atoms with Crippen molar-refractivity contribution in [2.75, 3.05) is 0 Å². The van der Waals surface area contributed by atoms with Crippen LogP contribution in [0.3, 0.4) is 0 Å². The second-order valence-electron chi connectivity index (χ2n) is 4.70.